The molecule has 9 heteroatoms. The van der Waals surface area contributed by atoms with Crippen LogP contribution in [0.3, 0.4) is 0 Å². The number of likely N-dealkylation sites (tertiary alicyclic amines) is 2. The van der Waals surface area contributed by atoms with Gasteiger partial charge in [-0.1, -0.05) is 0 Å². The first-order valence-corrected chi connectivity index (χ1v) is 9.22. The van der Waals surface area contributed by atoms with E-state index in [-0.39, 0.29) is 43.1 Å². The van der Waals surface area contributed by atoms with Crippen molar-refractivity contribution < 1.29 is 4.79 Å². The second kappa shape index (κ2) is 12.1. The van der Waals surface area contributed by atoms with Crippen LogP contribution in [0.1, 0.15) is 31.4 Å². The molecule has 1 aromatic rings. The van der Waals surface area contributed by atoms with Crippen LogP contribution < -0.4 is 5.73 Å². The van der Waals surface area contributed by atoms with E-state index in [4.69, 9.17) is 5.73 Å². The summed E-state index contributed by atoms with van der Waals surface area (Å²) in [6.07, 6.45) is 9.10. The quantitative estimate of drug-likeness (QED) is 0.775. The highest BCUT2D eigenvalue weighted by Crippen LogP contribution is 2.32. The number of piperidine rings is 2. The van der Waals surface area contributed by atoms with Gasteiger partial charge < -0.3 is 20.1 Å². The molecule has 0 unspecified atom stereocenters. The third-order valence-electron chi connectivity index (χ3n) is 5.79. The van der Waals surface area contributed by atoms with Crippen molar-refractivity contribution in [2.75, 3.05) is 33.2 Å². The average Bonchev–Trinajstić information content (AvgIpc) is 3.00. The van der Waals surface area contributed by atoms with Gasteiger partial charge >= 0.3 is 0 Å². The van der Waals surface area contributed by atoms with E-state index in [0.717, 1.165) is 43.5 Å². The minimum atomic E-state index is -0.472. The van der Waals surface area contributed by atoms with E-state index in [2.05, 4.69) is 16.9 Å². The normalized spacial score (nSPS) is 20.2. The summed E-state index contributed by atoms with van der Waals surface area (Å²) in [5.41, 5.74) is 7.02. The highest BCUT2D eigenvalue weighted by molar-refractivity contribution is 5.86. The van der Waals surface area contributed by atoms with Crippen molar-refractivity contribution in [2.45, 2.75) is 38.1 Å². The van der Waals surface area contributed by atoms with Crippen molar-refractivity contribution in [1.29, 1.82) is 0 Å². The molecule has 2 aliphatic rings. The van der Waals surface area contributed by atoms with Crippen LogP contribution in [0.4, 0.5) is 0 Å². The summed E-state index contributed by atoms with van der Waals surface area (Å²) in [4.78, 5) is 21.3. The fourth-order valence-electron chi connectivity index (χ4n) is 4.21. The maximum absolute atomic E-state index is 12.6. The number of amides is 1. The molecule has 0 saturated carbocycles. The summed E-state index contributed by atoms with van der Waals surface area (Å²) in [5.74, 6) is 1.72. The number of imidazole rings is 1. The molecule has 1 aromatic heterocycles. The molecule has 158 valence electrons. The molecule has 1 amide bonds. The number of hydrogen-bond donors (Lipinski definition) is 1. The van der Waals surface area contributed by atoms with Crippen LogP contribution in [0.25, 0.3) is 0 Å². The van der Waals surface area contributed by atoms with Crippen LogP contribution in [0.5, 0.6) is 0 Å². The zero-order chi connectivity index (χ0) is 17.1. The predicted octanol–water partition coefficient (Wildman–Crippen LogP) is 2.14. The molecule has 6 nitrogen and oxygen atoms in total. The Labute approximate surface area is 181 Å². The Bertz CT molecular complexity index is 555. The summed E-state index contributed by atoms with van der Waals surface area (Å²) < 4.78 is 1.89. The first kappa shape index (κ1) is 26.5. The third kappa shape index (κ3) is 7.09. The van der Waals surface area contributed by atoms with Crippen molar-refractivity contribution in [3.8, 4) is 0 Å². The van der Waals surface area contributed by atoms with Crippen molar-refractivity contribution in [3.63, 3.8) is 0 Å². The van der Waals surface area contributed by atoms with Gasteiger partial charge in [0.2, 0.25) is 5.91 Å². The van der Waals surface area contributed by atoms with Gasteiger partial charge in [-0.2, -0.15) is 0 Å². The predicted molar refractivity (Wildman–Crippen MR) is 116 cm³/mol. The maximum atomic E-state index is 12.6. The molecule has 0 aliphatic carbocycles. The van der Waals surface area contributed by atoms with Crippen molar-refractivity contribution in [1.82, 2.24) is 19.4 Å². The molecular weight excluding hydrogens is 409 g/mol. The standard InChI is InChI=1S/C18H31N5O.3ClH/c1-21-7-3-14(4-8-21)15-5-9-23(10-6-15)18(24)17(19)11-16-12-22(2)13-20-16;;;/h12-15,17H,3-11,19H2,1-2H3;3*1H/t17-;;;/m1.../s1. The number of aromatic nitrogens is 2. The molecule has 3 rings (SSSR count). The lowest BCUT2D eigenvalue weighted by Gasteiger charge is -2.40. The largest absolute Gasteiger partial charge is 0.341 e. The number of hydrogen-bond acceptors (Lipinski definition) is 4. The third-order valence-corrected chi connectivity index (χ3v) is 5.79. The molecular formula is C18H34Cl3N5O. The molecule has 0 aromatic carbocycles. The first-order valence-electron chi connectivity index (χ1n) is 9.22. The van der Waals surface area contributed by atoms with Crippen LogP contribution in [0.15, 0.2) is 12.5 Å². The summed E-state index contributed by atoms with van der Waals surface area (Å²) in [6.45, 7) is 4.18. The molecule has 27 heavy (non-hydrogen) atoms. The Balaban J connectivity index is 0.00000225. The molecule has 2 N–H and O–H groups in total. The Morgan fingerprint density at radius 2 is 1.59 bits per heavy atom. The number of halogens is 3. The van der Waals surface area contributed by atoms with E-state index >= 15 is 0 Å². The van der Waals surface area contributed by atoms with Crippen molar-refractivity contribution in [3.05, 3.63) is 18.2 Å². The van der Waals surface area contributed by atoms with E-state index in [9.17, 15) is 4.79 Å². The molecule has 2 fully saturated rings. The minimum absolute atomic E-state index is 0. The monoisotopic (exact) mass is 441 g/mol. The smallest absolute Gasteiger partial charge is 0.239 e. The molecule has 0 bridgehead atoms. The Morgan fingerprint density at radius 3 is 2.07 bits per heavy atom. The second-order valence-corrected chi connectivity index (χ2v) is 7.64. The van der Waals surface area contributed by atoms with Gasteiger partial charge in [0.1, 0.15) is 0 Å². The van der Waals surface area contributed by atoms with Gasteiger partial charge in [-0.3, -0.25) is 4.79 Å². The van der Waals surface area contributed by atoms with Gasteiger partial charge in [-0.15, -0.1) is 37.2 Å². The molecule has 1 atom stereocenters. The van der Waals surface area contributed by atoms with Crippen LogP contribution in [-0.4, -0.2) is 64.5 Å². The van der Waals surface area contributed by atoms with E-state index in [1.165, 1.54) is 25.9 Å². The molecule has 2 aliphatic heterocycles. The number of carbonyl (C=O) groups is 1. The Kier molecular flexibility index (Phi) is 11.9. The second-order valence-electron chi connectivity index (χ2n) is 7.64. The van der Waals surface area contributed by atoms with E-state index in [1.54, 1.807) is 6.33 Å². The number of nitrogens with zero attached hydrogens (tertiary/aromatic N) is 4. The fourth-order valence-corrected chi connectivity index (χ4v) is 4.21. The highest BCUT2D eigenvalue weighted by Gasteiger charge is 2.31. The van der Waals surface area contributed by atoms with Gasteiger partial charge in [0.15, 0.2) is 0 Å². The van der Waals surface area contributed by atoms with Gasteiger partial charge in [-0.05, 0) is 57.7 Å². The van der Waals surface area contributed by atoms with Crippen LogP contribution in [0, 0.1) is 11.8 Å². The van der Waals surface area contributed by atoms with E-state index in [0.29, 0.717) is 6.42 Å². The number of nitrogens with two attached hydrogens (primary N) is 1. The van der Waals surface area contributed by atoms with E-state index < -0.39 is 6.04 Å². The number of carbonyl (C=O) groups excluding carboxylic acids is 1. The lowest BCUT2D eigenvalue weighted by Crippen LogP contribution is -2.49. The highest BCUT2D eigenvalue weighted by atomic mass is 35.5. The molecule has 0 radical (unpaired) electrons. The first-order chi connectivity index (χ1) is 11.5. The lowest BCUT2D eigenvalue weighted by molar-refractivity contribution is -0.134. The van der Waals surface area contributed by atoms with Crippen LogP contribution >= 0.6 is 37.2 Å². The minimum Gasteiger partial charge on any atom is -0.341 e. The Morgan fingerprint density at radius 1 is 1.07 bits per heavy atom. The number of rotatable bonds is 4. The van der Waals surface area contributed by atoms with Crippen LogP contribution in [-0.2, 0) is 18.3 Å². The summed E-state index contributed by atoms with van der Waals surface area (Å²) in [7, 11) is 4.14. The zero-order valence-electron chi connectivity index (χ0n) is 16.2. The van der Waals surface area contributed by atoms with Crippen molar-refractivity contribution >= 4 is 43.1 Å². The zero-order valence-corrected chi connectivity index (χ0v) is 18.7. The van der Waals surface area contributed by atoms with Crippen LogP contribution in [0.2, 0.25) is 0 Å². The van der Waals surface area contributed by atoms with Crippen molar-refractivity contribution in [2.24, 2.45) is 24.6 Å². The summed E-state index contributed by atoms with van der Waals surface area (Å²) >= 11 is 0. The van der Waals surface area contributed by atoms with Gasteiger partial charge in [0.25, 0.3) is 0 Å². The van der Waals surface area contributed by atoms with Gasteiger partial charge in [0, 0.05) is 32.8 Å². The van der Waals surface area contributed by atoms with Gasteiger partial charge in [0.05, 0.1) is 18.1 Å². The van der Waals surface area contributed by atoms with E-state index in [1.807, 2.05) is 22.7 Å². The Hall–Kier alpha value is -0.530. The molecule has 0 spiro atoms. The maximum Gasteiger partial charge on any atom is 0.239 e. The molecule has 3 heterocycles. The SMILES string of the molecule is CN1CCC(C2CCN(C(=O)[C@H](N)Cc3cn(C)cn3)CC2)CC1.Cl.Cl.Cl. The summed E-state index contributed by atoms with van der Waals surface area (Å²) in [5, 5.41) is 0. The summed E-state index contributed by atoms with van der Waals surface area (Å²) in [6, 6.07) is -0.472. The lowest BCUT2D eigenvalue weighted by atomic mass is 9.79. The number of aryl methyl sites for hydroxylation is 1. The molecule has 2 saturated heterocycles. The fraction of sp³-hybridized carbons (Fsp3) is 0.778. The topological polar surface area (TPSA) is 67.4 Å². The van der Waals surface area contributed by atoms with Gasteiger partial charge in [-0.25, -0.2) is 4.98 Å². The average molecular weight is 443 g/mol.